The predicted octanol–water partition coefficient (Wildman–Crippen LogP) is 0.456. The molecule has 0 spiro atoms. The molecular formula is C24H31N8O4+. The van der Waals surface area contributed by atoms with Gasteiger partial charge < -0.3 is 25.3 Å². The number of nitrogen functional groups attached to an aromatic ring is 1. The summed E-state index contributed by atoms with van der Waals surface area (Å²) in [7, 11) is 3.17. The number of carbonyl (C=O) groups is 1. The molecule has 2 aromatic heterocycles. The number of ether oxygens (including phenoxy) is 3. The van der Waals surface area contributed by atoms with Crippen molar-refractivity contribution in [3.8, 4) is 22.8 Å². The maximum Gasteiger partial charge on any atom is 0.334 e. The van der Waals surface area contributed by atoms with Crippen molar-refractivity contribution < 1.29 is 19.0 Å². The molecule has 12 nitrogen and oxygen atoms in total. The Balaban J connectivity index is 1.61. The van der Waals surface area contributed by atoms with Crippen LogP contribution in [0.1, 0.15) is 0 Å². The van der Waals surface area contributed by atoms with E-state index in [1.165, 1.54) is 0 Å². The molecule has 190 valence electrons. The molecule has 1 amide bonds. The fraction of sp³-hybridized carbons (Fsp3) is 0.458. The lowest BCUT2D eigenvalue weighted by Gasteiger charge is -2.38. The minimum Gasteiger partial charge on any atom is -0.493 e. The zero-order chi connectivity index (χ0) is 25.1. The molecule has 36 heavy (non-hydrogen) atoms. The van der Waals surface area contributed by atoms with Crippen LogP contribution in [-0.2, 0) is 9.53 Å². The highest BCUT2D eigenvalue weighted by molar-refractivity contribution is 5.96. The molecule has 1 aromatic carbocycles. The molecule has 2 aliphatic rings. The van der Waals surface area contributed by atoms with E-state index in [2.05, 4.69) is 25.2 Å². The van der Waals surface area contributed by atoms with Crippen LogP contribution in [0.25, 0.3) is 22.4 Å². The molecule has 12 heteroatoms. The van der Waals surface area contributed by atoms with E-state index in [9.17, 15) is 4.79 Å². The number of nitrogens with two attached hydrogens (primary N) is 1. The second kappa shape index (κ2) is 10.3. The van der Waals surface area contributed by atoms with E-state index in [0.29, 0.717) is 67.0 Å². The van der Waals surface area contributed by atoms with Crippen molar-refractivity contribution in [1.29, 1.82) is 0 Å². The largest absolute Gasteiger partial charge is 0.493 e. The van der Waals surface area contributed by atoms with Crippen LogP contribution in [0.2, 0.25) is 0 Å². The lowest BCUT2D eigenvalue weighted by atomic mass is 10.1. The minimum absolute atomic E-state index is 0.00276. The fourth-order valence-corrected chi connectivity index (χ4v) is 4.77. The Morgan fingerprint density at radius 2 is 1.86 bits per heavy atom. The maximum absolute atomic E-state index is 13.9. The zero-order valence-corrected chi connectivity index (χ0v) is 20.6. The van der Waals surface area contributed by atoms with Gasteiger partial charge in [0.1, 0.15) is 19.6 Å². The molecule has 0 aliphatic carbocycles. The summed E-state index contributed by atoms with van der Waals surface area (Å²) < 4.78 is 16.4. The number of anilines is 1. The number of fused-ring (bicyclic) bond motifs is 1. The summed E-state index contributed by atoms with van der Waals surface area (Å²) in [5, 5.41) is 3.33. The molecule has 0 bridgehead atoms. The Labute approximate surface area is 209 Å². The van der Waals surface area contributed by atoms with Gasteiger partial charge in [-0.25, -0.2) is 19.2 Å². The number of amides is 1. The Morgan fingerprint density at radius 3 is 2.58 bits per heavy atom. The van der Waals surface area contributed by atoms with Crippen molar-refractivity contribution in [2.24, 2.45) is 0 Å². The molecule has 3 N–H and O–H groups in total. The lowest BCUT2D eigenvalue weighted by Crippen LogP contribution is -2.64. The quantitative estimate of drug-likeness (QED) is 0.461. The van der Waals surface area contributed by atoms with Crippen LogP contribution in [-0.4, -0.2) is 104 Å². The summed E-state index contributed by atoms with van der Waals surface area (Å²) in [6, 6.07) is 5.53. The van der Waals surface area contributed by atoms with Crippen LogP contribution >= 0.6 is 0 Å². The van der Waals surface area contributed by atoms with Crippen molar-refractivity contribution in [2.45, 2.75) is 0 Å². The van der Waals surface area contributed by atoms with Gasteiger partial charge in [0.05, 0.1) is 39.3 Å². The summed E-state index contributed by atoms with van der Waals surface area (Å²) in [6.07, 6.45) is 1.63. The van der Waals surface area contributed by atoms with E-state index >= 15 is 0 Å². The number of nitrogens with zero attached hydrogens (tertiary/aromatic N) is 6. The highest BCUT2D eigenvalue weighted by atomic mass is 16.5. The van der Waals surface area contributed by atoms with Crippen molar-refractivity contribution in [3.05, 3.63) is 24.4 Å². The van der Waals surface area contributed by atoms with Gasteiger partial charge in [-0.1, -0.05) is 0 Å². The Kier molecular flexibility index (Phi) is 6.92. The molecule has 2 fully saturated rings. The molecule has 0 unspecified atom stereocenters. The van der Waals surface area contributed by atoms with Crippen LogP contribution in [0.5, 0.6) is 11.5 Å². The SMILES string of the molecule is COc1ccc(-c2cnc3nc(N)nc([N+]4(C(=O)CN5CCNCC5)CCOCC4)c3n2)cc1OC. The van der Waals surface area contributed by atoms with E-state index in [4.69, 9.17) is 24.9 Å². The topological polar surface area (TPSA) is 138 Å². The number of quaternary nitrogens is 1. The number of methoxy groups -OCH3 is 2. The Hall–Kier alpha value is -3.45. The van der Waals surface area contributed by atoms with E-state index in [-0.39, 0.29) is 16.3 Å². The van der Waals surface area contributed by atoms with Gasteiger partial charge in [0.15, 0.2) is 22.7 Å². The summed E-state index contributed by atoms with van der Waals surface area (Å²) in [6.45, 7) is 5.42. The summed E-state index contributed by atoms with van der Waals surface area (Å²) >= 11 is 0. The van der Waals surface area contributed by atoms with Gasteiger partial charge in [-0.05, 0) is 18.2 Å². The number of benzene rings is 1. The normalized spacial score (nSPS) is 18.2. The van der Waals surface area contributed by atoms with Crippen molar-refractivity contribution >= 4 is 28.8 Å². The molecule has 3 aromatic rings. The molecule has 2 aliphatic heterocycles. The second-order valence-electron chi connectivity index (χ2n) is 8.85. The zero-order valence-electron chi connectivity index (χ0n) is 20.6. The van der Waals surface area contributed by atoms with Crippen LogP contribution in [0.4, 0.5) is 11.8 Å². The van der Waals surface area contributed by atoms with Crippen molar-refractivity contribution in [2.75, 3.05) is 79.0 Å². The molecule has 2 saturated heterocycles. The highest BCUT2D eigenvalue weighted by Gasteiger charge is 2.45. The van der Waals surface area contributed by atoms with Gasteiger partial charge in [-0.15, -0.1) is 0 Å². The minimum atomic E-state index is -0.00276. The monoisotopic (exact) mass is 495 g/mol. The van der Waals surface area contributed by atoms with E-state index in [1.54, 1.807) is 20.4 Å². The number of morpholine rings is 1. The van der Waals surface area contributed by atoms with Gasteiger partial charge in [-0.3, -0.25) is 4.90 Å². The van der Waals surface area contributed by atoms with Gasteiger partial charge in [-0.2, -0.15) is 9.97 Å². The number of hydrogen-bond donors (Lipinski definition) is 2. The van der Waals surface area contributed by atoms with Crippen molar-refractivity contribution in [3.63, 3.8) is 0 Å². The van der Waals surface area contributed by atoms with Crippen LogP contribution in [0.3, 0.4) is 0 Å². The number of hydrogen-bond acceptors (Lipinski definition) is 11. The molecule has 4 heterocycles. The van der Waals surface area contributed by atoms with Gasteiger partial charge in [0.25, 0.3) is 5.82 Å². The highest BCUT2D eigenvalue weighted by Crippen LogP contribution is 2.34. The standard InChI is InChI=1S/C24H31N8O4/c1-34-18-4-3-16(13-19(18)35-2)17-14-27-22-21(28-17)23(30-24(25)29-22)32(9-11-36-12-10-32)20(33)15-31-7-5-26-6-8-31/h3-4,13-14,26H,5-12,15H2,1-2H3,(H2,25,27,29,30)/q+1. The molecule has 0 saturated carbocycles. The maximum atomic E-state index is 13.9. The smallest absolute Gasteiger partial charge is 0.334 e. The predicted molar refractivity (Wildman–Crippen MR) is 135 cm³/mol. The first-order chi connectivity index (χ1) is 17.5. The molecule has 0 radical (unpaired) electrons. The first kappa shape index (κ1) is 24.3. The third-order valence-electron chi connectivity index (χ3n) is 6.77. The molecular weight excluding hydrogens is 464 g/mol. The number of piperazine rings is 1. The molecule has 0 atom stereocenters. The van der Waals surface area contributed by atoms with Crippen LogP contribution in [0.15, 0.2) is 24.4 Å². The van der Waals surface area contributed by atoms with Gasteiger partial charge in [0.2, 0.25) is 5.95 Å². The van der Waals surface area contributed by atoms with Gasteiger partial charge >= 0.3 is 5.91 Å². The third-order valence-corrected chi connectivity index (χ3v) is 6.77. The average Bonchev–Trinajstić information content (AvgIpc) is 2.92. The van der Waals surface area contributed by atoms with Crippen molar-refractivity contribution in [1.82, 2.24) is 34.6 Å². The van der Waals surface area contributed by atoms with Crippen LogP contribution < -0.4 is 25.0 Å². The third kappa shape index (κ3) is 4.55. The van der Waals surface area contributed by atoms with E-state index in [1.807, 2.05) is 18.2 Å². The fourth-order valence-electron chi connectivity index (χ4n) is 4.77. The number of rotatable bonds is 6. The van der Waals surface area contributed by atoms with E-state index < -0.39 is 0 Å². The summed E-state index contributed by atoms with van der Waals surface area (Å²) in [5.41, 5.74) is 8.28. The number of carbonyl (C=O) groups excluding carboxylic acids is 1. The Bertz CT molecular complexity index is 1260. The summed E-state index contributed by atoms with van der Waals surface area (Å²) in [5.74, 6) is 1.76. The summed E-state index contributed by atoms with van der Waals surface area (Å²) in [4.78, 5) is 34.4. The average molecular weight is 496 g/mol. The second-order valence-corrected chi connectivity index (χ2v) is 8.85. The molecule has 5 rings (SSSR count). The number of aromatic nitrogens is 4. The van der Waals surface area contributed by atoms with E-state index in [0.717, 1.165) is 31.7 Å². The van der Waals surface area contributed by atoms with Gasteiger partial charge in [0, 0.05) is 31.7 Å². The first-order valence-corrected chi connectivity index (χ1v) is 12.0. The Morgan fingerprint density at radius 1 is 1.11 bits per heavy atom. The first-order valence-electron chi connectivity index (χ1n) is 12.0. The van der Waals surface area contributed by atoms with Crippen LogP contribution in [0, 0.1) is 0 Å². The lowest BCUT2D eigenvalue weighted by molar-refractivity contribution is -0.135. The number of nitrogens with one attached hydrogen (secondary N) is 1.